The second-order valence-corrected chi connectivity index (χ2v) is 8.93. The number of rotatable bonds is 2. The third kappa shape index (κ3) is 3.44. The van der Waals surface area contributed by atoms with Crippen molar-refractivity contribution in [2.24, 2.45) is 0 Å². The molecule has 0 spiro atoms. The zero-order valence-electron chi connectivity index (χ0n) is 16.4. The first-order chi connectivity index (χ1) is 15.3. The van der Waals surface area contributed by atoms with Crippen LogP contribution in [0.5, 0.6) is 0 Å². The Balaban J connectivity index is 1.55. The van der Waals surface area contributed by atoms with Crippen LogP contribution in [0.2, 0.25) is 5.02 Å². The van der Waals surface area contributed by atoms with Crippen LogP contribution < -0.4 is 15.5 Å². The summed E-state index contributed by atoms with van der Waals surface area (Å²) in [5.41, 5.74) is 2.89. The Labute approximate surface area is 196 Å². The van der Waals surface area contributed by atoms with Crippen molar-refractivity contribution in [3.63, 3.8) is 0 Å². The number of urea groups is 1. The van der Waals surface area contributed by atoms with Gasteiger partial charge < -0.3 is 15.7 Å². The van der Waals surface area contributed by atoms with Crippen LogP contribution >= 0.6 is 27.5 Å². The Morgan fingerprint density at radius 1 is 1.19 bits per heavy atom. The summed E-state index contributed by atoms with van der Waals surface area (Å²) < 4.78 is 14.5. The minimum absolute atomic E-state index is 0.109. The van der Waals surface area contributed by atoms with E-state index in [4.69, 9.17) is 11.6 Å². The monoisotopic (exact) mass is 515 g/mol. The number of hydrogen-bond acceptors (Lipinski definition) is 3. The van der Waals surface area contributed by atoms with E-state index in [2.05, 4.69) is 26.6 Å². The van der Waals surface area contributed by atoms with Gasteiger partial charge in [0.2, 0.25) is 0 Å². The first-order valence-electron chi connectivity index (χ1n) is 9.78. The fourth-order valence-electron chi connectivity index (χ4n) is 4.23. The van der Waals surface area contributed by atoms with Gasteiger partial charge in [-0.15, -0.1) is 0 Å². The maximum atomic E-state index is 14.0. The largest absolute Gasteiger partial charge is 0.386 e. The molecule has 0 bridgehead atoms. The molecule has 0 unspecified atom stereocenters. The lowest BCUT2D eigenvalue weighted by atomic mass is 9.96. The number of nitrogens with one attached hydrogen (secondary N) is 2. The molecule has 2 aliphatic rings. The number of aliphatic hydroxyl groups excluding tert-OH is 1. The van der Waals surface area contributed by atoms with Gasteiger partial charge in [0.25, 0.3) is 5.91 Å². The molecular formula is C23H16BrClFN3O3. The molecule has 9 heteroatoms. The smallest absolute Gasteiger partial charge is 0.326 e. The number of carbonyl (C=O) groups excluding carboxylic acids is 2. The zero-order chi connectivity index (χ0) is 22.6. The Bertz CT molecular complexity index is 1290. The van der Waals surface area contributed by atoms with E-state index in [9.17, 15) is 19.1 Å². The van der Waals surface area contributed by atoms with Gasteiger partial charge in [0, 0.05) is 37.4 Å². The lowest BCUT2D eigenvalue weighted by Crippen LogP contribution is -2.34. The van der Waals surface area contributed by atoms with Crippen LogP contribution in [0.25, 0.3) is 0 Å². The zero-order valence-corrected chi connectivity index (χ0v) is 18.7. The molecule has 3 aromatic carbocycles. The Hall–Kier alpha value is -2.94. The second kappa shape index (κ2) is 7.88. The number of carbonyl (C=O) groups is 2. The average Bonchev–Trinajstić information content (AvgIpc) is 3.27. The van der Waals surface area contributed by atoms with Gasteiger partial charge in [0.1, 0.15) is 5.82 Å². The number of fused-ring (bicyclic) bond motifs is 2. The molecule has 32 heavy (non-hydrogen) atoms. The first kappa shape index (κ1) is 20.9. The Kier molecular flexibility index (Phi) is 5.16. The van der Waals surface area contributed by atoms with Crippen molar-refractivity contribution in [3.8, 4) is 0 Å². The Morgan fingerprint density at radius 3 is 2.78 bits per heavy atom. The second-order valence-electron chi connectivity index (χ2n) is 7.60. The van der Waals surface area contributed by atoms with Gasteiger partial charge in [-0.1, -0.05) is 45.7 Å². The summed E-state index contributed by atoms with van der Waals surface area (Å²) in [6, 6.07) is 13.2. The first-order valence-corrected chi connectivity index (χ1v) is 11.0. The highest BCUT2D eigenvalue weighted by Gasteiger charge is 2.36. The summed E-state index contributed by atoms with van der Waals surface area (Å²) >= 11 is 9.69. The van der Waals surface area contributed by atoms with Gasteiger partial charge in [-0.2, -0.15) is 0 Å². The van der Waals surface area contributed by atoms with Gasteiger partial charge in [-0.3, -0.25) is 9.69 Å². The summed E-state index contributed by atoms with van der Waals surface area (Å²) in [6.45, 7) is 0.109. The topological polar surface area (TPSA) is 81.7 Å². The molecule has 3 N–H and O–H groups in total. The van der Waals surface area contributed by atoms with Gasteiger partial charge in [0.05, 0.1) is 24.4 Å². The third-order valence-electron chi connectivity index (χ3n) is 5.65. The van der Waals surface area contributed by atoms with Crippen molar-refractivity contribution in [1.29, 1.82) is 0 Å². The Morgan fingerprint density at radius 2 is 1.97 bits per heavy atom. The summed E-state index contributed by atoms with van der Waals surface area (Å²) in [4.78, 5) is 27.3. The van der Waals surface area contributed by atoms with Crippen molar-refractivity contribution >= 4 is 50.8 Å². The molecular weight excluding hydrogens is 501 g/mol. The molecule has 2 heterocycles. The minimum atomic E-state index is -0.785. The van der Waals surface area contributed by atoms with E-state index in [1.807, 2.05) is 0 Å². The highest BCUT2D eigenvalue weighted by atomic mass is 79.9. The van der Waals surface area contributed by atoms with E-state index in [0.29, 0.717) is 43.1 Å². The van der Waals surface area contributed by atoms with Gasteiger partial charge in [-0.05, 0) is 36.4 Å². The molecule has 0 radical (unpaired) electrons. The van der Waals surface area contributed by atoms with Crippen molar-refractivity contribution < 1.29 is 19.1 Å². The van der Waals surface area contributed by atoms with Crippen molar-refractivity contribution in [1.82, 2.24) is 5.32 Å². The van der Waals surface area contributed by atoms with Crippen molar-refractivity contribution in [2.45, 2.75) is 12.1 Å². The van der Waals surface area contributed by atoms with E-state index >= 15 is 0 Å². The molecule has 162 valence electrons. The maximum Gasteiger partial charge on any atom is 0.326 e. The number of benzene rings is 3. The highest BCUT2D eigenvalue weighted by molar-refractivity contribution is 9.10. The number of nitrogens with zero attached hydrogens (tertiary/aromatic N) is 1. The number of anilines is 2. The van der Waals surface area contributed by atoms with E-state index in [1.54, 1.807) is 36.4 Å². The molecule has 2 aliphatic heterocycles. The summed E-state index contributed by atoms with van der Waals surface area (Å²) in [5, 5.41) is 16.3. The van der Waals surface area contributed by atoms with E-state index in [0.717, 1.165) is 0 Å². The fraction of sp³-hybridized carbons (Fsp3) is 0.130. The third-order valence-corrected chi connectivity index (χ3v) is 6.45. The number of amides is 3. The summed E-state index contributed by atoms with van der Waals surface area (Å²) in [6.07, 6.45) is -0.785. The van der Waals surface area contributed by atoms with E-state index in [-0.39, 0.29) is 12.5 Å². The highest BCUT2D eigenvalue weighted by Crippen LogP contribution is 2.41. The minimum Gasteiger partial charge on any atom is -0.386 e. The number of para-hydroxylation sites is 1. The molecule has 0 saturated heterocycles. The molecule has 5 rings (SSSR count). The summed E-state index contributed by atoms with van der Waals surface area (Å²) in [7, 11) is 0. The maximum absolute atomic E-state index is 14.0. The number of β-amino-alcohol motifs (C(OH)–C–C–N with tert-alkyl or cyclic N) is 1. The van der Waals surface area contributed by atoms with Crippen LogP contribution in [-0.4, -0.2) is 23.6 Å². The molecule has 0 aliphatic carbocycles. The van der Waals surface area contributed by atoms with Crippen LogP contribution in [0.1, 0.15) is 39.2 Å². The average molecular weight is 517 g/mol. The molecule has 3 amide bonds. The molecule has 2 atom stereocenters. The SMILES string of the molecule is O=C1N[C@H](c2cc(F)ccc2Cl)c2c(NC(=O)N3C[C@H](O)c4ccccc43)cc(Br)cc21. The number of aliphatic hydroxyl groups is 1. The van der Waals surface area contributed by atoms with Gasteiger partial charge >= 0.3 is 6.03 Å². The number of hydrogen-bond donors (Lipinski definition) is 3. The van der Waals surface area contributed by atoms with Crippen molar-refractivity contribution in [2.75, 3.05) is 16.8 Å². The van der Waals surface area contributed by atoms with Crippen LogP contribution in [0.3, 0.4) is 0 Å². The van der Waals surface area contributed by atoms with Gasteiger partial charge in [-0.25, -0.2) is 9.18 Å². The van der Waals surface area contributed by atoms with Crippen LogP contribution in [-0.2, 0) is 0 Å². The molecule has 0 saturated carbocycles. The molecule has 0 fully saturated rings. The standard InChI is InChI=1S/C23H16BrClFN3O3/c24-11-7-15-20(21(28-22(15)31)14-9-12(26)5-6-16(14)25)17(8-11)27-23(32)29-10-19(30)13-3-1-2-4-18(13)29/h1-9,19,21,30H,10H2,(H,27,32)(H,28,31)/t19-,21+/m0/s1. The van der Waals surface area contributed by atoms with Crippen molar-refractivity contribution in [3.05, 3.63) is 92.2 Å². The molecule has 3 aromatic rings. The van der Waals surface area contributed by atoms with Gasteiger partial charge in [0.15, 0.2) is 0 Å². The van der Waals surface area contributed by atoms with Crippen LogP contribution in [0.15, 0.2) is 59.1 Å². The predicted molar refractivity (Wildman–Crippen MR) is 123 cm³/mol. The van der Waals surface area contributed by atoms with E-state index < -0.39 is 24.0 Å². The van der Waals surface area contributed by atoms with E-state index in [1.165, 1.54) is 23.1 Å². The quantitative estimate of drug-likeness (QED) is 0.440. The fourth-order valence-corrected chi connectivity index (χ4v) is 4.91. The summed E-state index contributed by atoms with van der Waals surface area (Å²) in [5.74, 6) is -0.846. The van der Waals surface area contributed by atoms with Crippen LogP contribution in [0, 0.1) is 5.82 Å². The predicted octanol–water partition coefficient (Wildman–Crippen LogP) is 5.16. The lowest BCUT2D eigenvalue weighted by molar-refractivity contribution is 0.0960. The molecule has 0 aromatic heterocycles. The molecule has 6 nitrogen and oxygen atoms in total. The normalized spacial score (nSPS) is 18.9. The van der Waals surface area contributed by atoms with Crippen LogP contribution in [0.4, 0.5) is 20.6 Å². The number of halogens is 3. The lowest BCUT2D eigenvalue weighted by Gasteiger charge is -2.22.